The molecule has 0 aliphatic carbocycles. The first-order chi connectivity index (χ1) is 12.7. The topological polar surface area (TPSA) is 54.0 Å². The van der Waals surface area contributed by atoms with Crippen LogP contribution in [0.3, 0.4) is 0 Å². The quantitative estimate of drug-likeness (QED) is 0.224. The van der Waals surface area contributed by atoms with Gasteiger partial charge in [0, 0.05) is 6.42 Å². The third-order valence-electron chi connectivity index (χ3n) is 4.03. The summed E-state index contributed by atoms with van der Waals surface area (Å²) >= 11 is 0. The minimum Gasteiger partial charge on any atom is -0.463 e. The Morgan fingerprint density at radius 2 is 1.19 bits per heavy atom. The normalized spacial score (nSPS) is 11.2. The standard InChI is InChI=1S/C21H42O5/c1-4-5-6-7-8-9-10-11-12-13-21(22)26-19-17-24-15-14-23-16-18-25-20(2)3/h20H,4-19H2,1-3H3. The molecule has 5 heteroatoms. The van der Waals surface area contributed by atoms with Gasteiger partial charge in [-0.3, -0.25) is 4.79 Å². The molecule has 0 atom stereocenters. The summed E-state index contributed by atoms with van der Waals surface area (Å²) in [5.74, 6) is -0.112. The van der Waals surface area contributed by atoms with Crippen LogP contribution >= 0.6 is 0 Å². The summed E-state index contributed by atoms with van der Waals surface area (Å²) in [6.07, 6.45) is 12.0. The largest absolute Gasteiger partial charge is 0.463 e. The maximum Gasteiger partial charge on any atom is 0.305 e. The molecule has 0 unspecified atom stereocenters. The molecule has 0 amide bonds. The molecule has 0 heterocycles. The van der Waals surface area contributed by atoms with E-state index in [9.17, 15) is 4.79 Å². The predicted octanol–water partition coefficient (Wildman–Crippen LogP) is 4.91. The number of rotatable bonds is 20. The average molecular weight is 375 g/mol. The van der Waals surface area contributed by atoms with Gasteiger partial charge in [0.2, 0.25) is 0 Å². The van der Waals surface area contributed by atoms with Gasteiger partial charge in [-0.15, -0.1) is 0 Å². The molecule has 0 fully saturated rings. The molecule has 0 N–H and O–H groups in total. The summed E-state index contributed by atoms with van der Waals surface area (Å²) in [6.45, 7) is 9.22. The first-order valence-corrected chi connectivity index (χ1v) is 10.6. The lowest BCUT2D eigenvalue weighted by molar-refractivity contribution is -0.145. The molecule has 0 rings (SSSR count). The minimum atomic E-state index is -0.112. The number of unbranched alkanes of at least 4 members (excludes halogenated alkanes) is 8. The van der Waals surface area contributed by atoms with E-state index in [-0.39, 0.29) is 12.1 Å². The van der Waals surface area contributed by atoms with Gasteiger partial charge in [0.25, 0.3) is 0 Å². The van der Waals surface area contributed by atoms with E-state index in [1.807, 2.05) is 13.8 Å². The smallest absolute Gasteiger partial charge is 0.305 e. The van der Waals surface area contributed by atoms with Crippen molar-refractivity contribution in [1.29, 1.82) is 0 Å². The van der Waals surface area contributed by atoms with Gasteiger partial charge in [0.05, 0.1) is 39.1 Å². The van der Waals surface area contributed by atoms with Crippen LogP contribution in [-0.4, -0.2) is 51.7 Å². The Labute approximate surface area is 161 Å². The van der Waals surface area contributed by atoms with Crippen LogP contribution in [0, 0.1) is 0 Å². The third kappa shape index (κ3) is 21.4. The van der Waals surface area contributed by atoms with Crippen LogP contribution in [0.15, 0.2) is 0 Å². The lowest BCUT2D eigenvalue weighted by Crippen LogP contribution is -2.14. The molecule has 0 bridgehead atoms. The van der Waals surface area contributed by atoms with Crippen molar-refractivity contribution in [3.63, 3.8) is 0 Å². The van der Waals surface area contributed by atoms with Crippen LogP contribution in [0.25, 0.3) is 0 Å². The number of hydrogen-bond donors (Lipinski definition) is 0. The van der Waals surface area contributed by atoms with Gasteiger partial charge in [-0.1, -0.05) is 58.3 Å². The van der Waals surface area contributed by atoms with E-state index in [1.165, 1.54) is 44.9 Å². The highest BCUT2D eigenvalue weighted by molar-refractivity contribution is 5.69. The van der Waals surface area contributed by atoms with E-state index in [2.05, 4.69) is 6.92 Å². The molecule has 26 heavy (non-hydrogen) atoms. The molecule has 0 spiro atoms. The van der Waals surface area contributed by atoms with Crippen LogP contribution < -0.4 is 0 Å². The fourth-order valence-electron chi connectivity index (χ4n) is 2.53. The first kappa shape index (κ1) is 25.4. The van der Waals surface area contributed by atoms with Gasteiger partial charge >= 0.3 is 5.97 Å². The van der Waals surface area contributed by atoms with Gasteiger partial charge in [-0.25, -0.2) is 0 Å². The van der Waals surface area contributed by atoms with Gasteiger partial charge in [0.1, 0.15) is 6.61 Å². The van der Waals surface area contributed by atoms with E-state index >= 15 is 0 Å². The van der Waals surface area contributed by atoms with E-state index in [0.717, 1.165) is 12.8 Å². The van der Waals surface area contributed by atoms with Gasteiger partial charge in [0.15, 0.2) is 0 Å². The van der Waals surface area contributed by atoms with Crippen molar-refractivity contribution in [1.82, 2.24) is 0 Å². The van der Waals surface area contributed by atoms with Crippen LogP contribution in [0.5, 0.6) is 0 Å². The maximum absolute atomic E-state index is 11.6. The first-order valence-electron chi connectivity index (χ1n) is 10.6. The zero-order valence-electron chi connectivity index (χ0n) is 17.4. The fraction of sp³-hybridized carbons (Fsp3) is 0.952. The molecule has 0 aromatic rings. The molecule has 0 saturated carbocycles. The minimum absolute atomic E-state index is 0.112. The number of hydrogen-bond acceptors (Lipinski definition) is 5. The zero-order valence-corrected chi connectivity index (χ0v) is 17.4. The second kappa shape index (κ2) is 20.7. The molecule has 156 valence electrons. The molecule has 0 aliphatic rings. The summed E-state index contributed by atoms with van der Waals surface area (Å²) in [4.78, 5) is 11.6. The van der Waals surface area contributed by atoms with Gasteiger partial charge in [-0.2, -0.15) is 0 Å². The van der Waals surface area contributed by atoms with Crippen molar-refractivity contribution in [2.75, 3.05) is 39.6 Å². The van der Waals surface area contributed by atoms with Crippen LogP contribution in [0.1, 0.15) is 85.0 Å². The van der Waals surface area contributed by atoms with Crippen LogP contribution in [0.4, 0.5) is 0 Å². The van der Waals surface area contributed by atoms with Gasteiger partial charge in [-0.05, 0) is 20.3 Å². The lowest BCUT2D eigenvalue weighted by Gasteiger charge is -2.09. The predicted molar refractivity (Wildman–Crippen MR) is 106 cm³/mol. The summed E-state index contributed by atoms with van der Waals surface area (Å²) in [6, 6.07) is 0. The molecule has 0 saturated heterocycles. The van der Waals surface area contributed by atoms with Crippen LogP contribution in [0.2, 0.25) is 0 Å². The highest BCUT2D eigenvalue weighted by atomic mass is 16.6. The summed E-state index contributed by atoms with van der Waals surface area (Å²) < 4.78 is 21.3. The van der Waals surface area contributed by atoms with E-state index < -0.39 is 0 Å². The van der Waals surface area contributed by atoms with E-state index in [1.54, 1.807) is 0 Å². The van der Waals surface area contributed by atoms with E-state index in [4.69, 9.17) is 18.9 Å². The Kier molecular flexibility index (Phi) is 20.1. The van der Waals surface area contributed by atoms with Crippen molar-refractivity contribution in [2.45, 2.75) is 91.1 Å². The number of carbonyl (C=O) groups excluding carboxylic acids is 1. The summed E-state index contributed by atoms with van der Waals surface area (Å²) in [5.41, 5.74) is 0. The molecule has 0 aromatic heterocycles. The Morgan fingerprint density at radius 1 is 0.692 bits per heavy atom. The molecular weight excluding hydrogens is 332 g/mol. The second-order valence-corrected chi connectivity index (χ2v) is 6.94. The fourth-order valence-corrected chi connectivity index (χ4v) is 2.53. The Bertz CT molecular complexity index is 294. The third-order valence-corrected chi connectivity index (χ3v) is 4.03. The second-order valence-electron chi connectivity index (χ2n) is 6.94. The Morgan fingerprint density at radius 3 is 1.77 bits per heavy atom. The molecule has 0 aromatic carbocycles. The van der Waals surface area contributed by atoms with Crippen LogP contribution in [-0.2, 0) is 23.7 Å². The van der Waals surface area contributed by atoms with E-state index in [0.29, 0.717) is 46.1 Å². The number of ether oxygens (including phenoxy) is 4. The average Bonchev–Trinajstić information content (AvgIpc) is 2.61. The van der Waals surface area contributed by atoms with Gasteiger partial charge < -0.3 is 18.9 Å². The molecule has 0 radical (unpaired) electrons. The van der Waals surface area contributed by atoms with Crippen molar-refractivity contribution < 1.29 is 23.7 Å². The Hall–Kier alpha value is -0.650. The van der Waals surface area contributed by atoms with Crippen molar-refractivity contribution in [3.05, 3.63) is 0 Å². The molecule has 5 nitrogen and oxygen atoms in total. The Balaban J connectivity index is 3.15. The molecular formula is C21H42O5. The highest BCUT2D eigenvalue weighted by Gasteiger charge is 2.02. The van der Waals surface area contributed by atoms with Crippen molar-refractivity contribution in [2.24, 2.45) is 0 Å². The maximum atomic E-state index is 11.6. The summed E-state index contributed by atoms with van der Waals surface area (Å²) in [5, 5.41) is 0. The van der Waals surface area contributed by atoms with Crippen molar-refractivity contribution >= 4 is 5.97 Å². The summed E-state index contributed by atoms with van der Waals surface area (Å²) in [7, 11) is 0. The monoisotopic (exact) mass is 374 g/mol. The van der Waals surface area contributed by atoms with Crippen molar-refractivity contribution in [3.8, 4) is 0 Å². The molecule has 0 aliphatic heterocycles. The SMILES string of the molecule is CCCCCCCCCCCC(=O)OCCOCCOCCOC(C)C. The lowest BCUT2D eigenvalue weighted by atomic mass is 10.1. The highest BCUT2D eigenvalue weighted by Crippen LogP contribution is 2.10. The zero-order chi connectivity index (χ0) is 19.3. The number of carbonyl (C=O) groups is 1. The number of esters is 1.